The van der Waals surface area contributed by atoms with Gasteiger partial charge in [0.2, 0.25) is 0 Å². The van der Waals surface area contributed by atoms with E-state index in [4.69, 9.17) is 0 Å². The molecule has 0 radical (unpaired) electrons. The number of nitrogens with one attached hydrogen (secondary N) is 1. The van der Waals surface area contributed by atoms with E-state index in [9.17, 15) is 4.79 Å². The molecule has 0 bridgehead atoms. The van der Waals surface area contributed by atoms with E-state index in [1.165, 1.54) is 28.7 Å². The number of likely N-dealkylation sites (tertiary alicyclic amines) is 1. The maximum absolute atomic E-state index is 12.8. The average molecular weight is 368 g/mol. The lowest BCUT2D eigenvalue weighted by molar-refractivity contribution is 0.0938. The van der Waals surface area contributed by atoms with Crippen molar-refractivity contribution in [2.24, 2.45) is 0 Å². The molecule has 3 heterocycles. The fourth-order valence-electron chi connectivity index (χ4n) is 3.37. The van der Waals surface area contributed by atoms with Gasteiger partial charge in [-0.1, -0.05) is 18.2 Å². The zero-order valence-corrected chi connectivity index (χ0v) is 15.1. The molecular weight excluding hydrogens is 348 g/mol. The Morgan fingerprint density at radius 3 is 2.77 bits per heavy atom. The Kier molecular flexibility index (Phi) is 5.03. The SMILES string of the molecule is O=C(NCC(c1cccs1)N1CCCC1)c1ccccc1-n1cnnn1. The van der Waals surface area contributed by atoms with Crippen molar-refractivity contribution >= 4 is 17.2 Å². The Morgan fingerprint density at radius 1 is 1.19 bits per heavy atom. The smallest absolute Gasteiger partial charge is 0.253 e. The molecule has 7 nitrogen and oxygen atoms in total. The molecule has 1 atom stereocenters. The number of thiophene rings is 1. The van der Waals surface area contributed by atoms with Crippen molar-refractivity contribution < 1.29 is 4.79 Å². The van der Waals surface area contributed by atoms with Crippen molar-refractivity contribution in [1.29, 1.82) is 0 Å². The minimum atomic E-state index is -0.114. The summed E-state index contributed by atoms with van der Waals surface area (Å²) in [7, 11) is 0. The van der Waals surface area contributed by atoms with E-state index < -0.39 is 0 Å². The van der Waals surface area contributed by atoms with Crippen LogP contribution in [0, 0.1) is 0 Å². The first kappa shape index (κ1) is 16.9. The van der Waals surface area contributed by atoms with Gasteiger partial charge < -0.3 is 5.32 Å². The first-order valence-corrected chi connectivity index (χ1v) is 9.59. The lowest BCUT2D eigenvalue weighted by atomic mass is 10.1. The van der Waals surface area contributed by atoms with Crippen LogP contribution in [0.5, 0.6) is 0 Å². The van der Waals surface area contributed by atoms with E-state index in [2.05, 4.69) is 43.3 Å². The van der Waals surface area contributed by atoms with Crippen molar-refractivity contribution in [2.45, 2.75) is 18.9 Å². The van der Waals surface area contributed by atoms with Crippen LogP contribution in [-0.2, 0) is 0 Å². The third-order valence-electron chi connectivity index (χ3n) is 4.65. The van der Waals surface area contributed by atoms with Crippen LogP contribution in [0.4, 0.5) is 0 Å². The van der Waals surface area contributed by atoms with Crippen LogP contribution in [0.15, 0.2) is 48.1 Å². The van der Waals surface area contributed by atoms with Gasteiger partial charge in [-0.2, -0.15) is 4.68 Å². The Labute approximate surface area is 155 Å². The van der Waals surface area contributed by atoms with E-state index >= 15 is 0 Å². The van der Waals surface area contributed by atoms with Crippen molar-refractivity contribution in [3.8, 4) is 5.69 Å². The third kappa shape index (κ3) is 3.51. The van der Waals surface area contributed by atoms with Gasteiger partial charge in [-0.15, -0.1) is 16.4 Å². The molecule has 0 saturated carbocycles. The van der Waals surface area contributed by atoms with Gasteiger partial charge in [0.1, 0.15) is 6.33 Å². The number of para-hydroxylation sites is 1. The molecule has 3 aromatic rings. The molecule has 0 aliphatic carbocycles. The monoisotopic (exact) mass is 368 g/mol. The van der Waals surface area contributed by atoms with Gasteiger partial charge in [0.15, 0.2) is 0 Å². The fraction of sp³-hybridized carbons (Fsp3) is 0.333. The molecule has 1 aliphatic rings. The fourth-order valence-corrected chi connectivity index (χ4v) is 4.23. The molecule has 1 unspecified atom stereocenters. The highest BCUT2D eigenvalue weighted by molar-refractivity contribution is 7.10. The number of carbonyl (C=O) groups excluding carboxylic acids is 1. The Bertz CT molecular complexity index is 842. The topological polar surface area (TPSA) is 75.9 Å². The Morgan fingerprint density at radius 2 is 2.04 bits per heavy atom. The Hall–Kier alpha value is -2.58. The zero-order chi connectivity index (χ0) is 17.8. The van der Waals surface area contributed by atoms with Crippen LogP contribution >= 0.6 is 11.3 Å². The van der Waals surface area contributed by atoms with E-state index in [0.29, 0.717) is 17.8 Å². The van der Waals surface area contributed by atoms with Crippen LogP contribution < -0.4 is 5.32 Å². The lowest BCUT2D eigenvalue weighted by Gasteiger charge is -2.27. The first-order chi connectivity index (χ1) is 12.8. The van der Waals surface area contributed by atoms with Crippen LogP contribution in [0.1, 0.15) is 34.1 Å². The molecule has 1 fully saturated rings. The van der Waals surface area contributed by atoms with Crippen molar-refractivity contribution in [1.82, 2.24) is 30.4 Å². The number of rotatable bonds is 6. The summed E-state index contributed by atoms with van der Waals surface area (Å²) < 4.78 is 1.51. The maximum Gasteiger partial charge on any atom is 0.253 e. The quantitative estimate of drug-likeness (QED) is 0.722. The number of hydrogen-bond donors (Lipinski definition) is 1. The highest BCUT2D eigenvalue weighted by Crippen LogP contribution is 2.28. The third-order valence-corrected chi connectivity index (χ3v) is 5.63. The summed E-state index contributed by atoms with van der Waals surface area (Å²) in [5, 5.41) is 16.4. The standard InChI is InChI=1S/C18H20N6OS/c25-18(14-6-1-2-7-15(14)24-13-20-21-22-24)19-12-16(17-8-5-11-26-17)23-9-3-4-10-23/h1-2,5-8,11,13,16H,3-4,9-10,12H2,(H,19,25). The molecule has 1 N–H and O–H groups in total. The summed E-state index contributed by atoms with van der Waals surface area (Å²) in [4.78, 5) is 16.6. The number of amides is 1. The number of carbonyl (C=O) groups is 1. The van der Waals surface area contributed by atoms with Gasteiger partial charge in [-0.3, -0.25) is 9.69 Å². The molecule has 2 aromatic heterocycles. The van der Waals surface area contributed by atoms with Gasteiger partial charge >= 0.3 is 0 Å². The van der Waals surface area contributed by atoms with Gasteiger partial charge in [0.05, 0.1) is 17.3 Å². The molecule has 26 heavy (non-hydrogen) atoms. The highest BCUT2D eigenvalue weighted by Gasteiger charge is 2.25. The van der Waals surface area contributed by atoms with E-state index in [1.807, 2.05) is 18.2 Å². The molecule has 4 rings (SSSR count). The van der Waals surface area contributed by atoms with Gasteiger partial charge in [0, 0.05) is 11.4 Å². The molecule has 8 heteroatoms. The van der Waals surface area contributed by atoms with Crippen LogP contribution in [0.2, 0.25) is 0 Å². The summed E-state index contributed by atoms with van der Waals surface area (Å²) in [6.07, 6.45) is 3.93. The largest absolute Gasteiger partial charge is 0.350 e. The second-order valence-electron chi connectivity index (χ2n) is 6.26. The zero-order valence-electron chi connectivity index (χ0n) is 14.3. The number of nitrogens with zero attached hydrogens (tertiary/aromatic N) is 5. The molecule has 1 aliphatic heterocycles. The maximum atomic E-state index is 12.8. The molecule has 1 amide bonds. The number of benzene rings is 1. The molecular formula is C18H20N6OS. The van der Waals surface area contributed by atoms with Gasteiger partial charge in [-0.05, 0) is 59.9 Å². The van der Waals surface area contributed by atoms with Gasteiger partial charge in [-0.25, -0.2) is 0 Å². The second kappa shape index (κ2) is 7.76. The Balaban J connectivity index is 1.51. The minimum absolute atomic E-state index is 0.114. The summed E-state index contributed by atoms with van der Waals surface area (Å²) in [5.41, 5.74) is 1.23. The number of tetrazole rings is 1. The van der Waals surface area contributed by atoms with Crippen molar-refractivity contribution in [3.63, 3.8) is 0 Å². The normalized spacial score (nSPS) is 15.8. The summed E-state index contributed by atoms with van der Waals surface area (Å²) in [5.74, 6) is -0.114. The van der Waals surface area contributed by atoms with Crippen LogP contribution in [0.3, 0.4) is 0 Å². The predicted molar refractivity (Wildman–Crippen MR) is 99.4 cm³/mol. The minimum Gasteiger partial charge on any atom is -0.350 e. The van der Waals surface area contributed by atoms with Crippen molar-refractivity contribution in [3.05, 3.63) is 58.5 Å². The first-order valence-electron chi connectivity index (χ1n) is 8.71. The molecule has 134 valence electrons. The summed E-state index contributed by atoms with van der Waals surface area (Å²) in [6, 6.07) is 11.8. The van der Waals surface area contributed by atoms with Crippen molar-refractivity contribution in [2.75, 3.05) is 19.6 Å². The van der Waals surface area contributed by atoms with E-state index in [0.717, 1.165) is 13.1 Å². The summed E-state index contributed by atoms with van der Waals surface area (Å²) in [6.45, 7) is 2.75. The highest BCUT2D eigenvalue weighted by atomic mass is 32.1. The molecule has 1 aromatic carbocycles. The predicted octanol–water partition coefficient (Wildman–Crippen LogP) is 2.29. The number of aromatic nitrogens is 4. The van der Waals surface area contributed by atoms with Crippen LogP contribution in [-0.4, -0.2) is 50.6 Å². The van der Waals surface area contributed by atoms with Gasteiger partial charge in [0.25, 0.3) is 5.91 Å². The second-order valence-corrected chi connectivity index (χ2v) is 7.24. The van der Waals surface area contributed by atoms with E-state index in [1.54, 1.807) is 17.4 Å². The molecule has 0 spiro atoms. The molecule has 1 saturated heterocycles. The lowest BCUT2D eigenvalue weighted by Crippen LogP contribution is -2.36. The number of hydrogen-bond acceptors (Lipinski definition) is 6. The van der Waals surface area contributed by atoms with Crippen LogP contribution in [0.25, 0.3) is 5.69 Å². The summed E-state index contributed by atoms with van der Waals surface area (Å²) >= 11 is 1.74. The average Bonchev–Trinajstić information content (AvgIpc) is 3.44. The van der Waals surface area contributed by atoms with E-state index in [-0.39, 0.29) is 11.9 Å².